The average Bonchev–Trinajstić information content (AvgIpc) is 2.41. The second-order valence-corrected chi connectivity index (χ2v) is 4.20. The van der Waals surface area contributed by atoms with Crippen LogP contribution < -0.4 is 0 Å². The Hall–Kier alpha value is -1.12. The van der Waals surface area contributed by atoms with Gasteiger partial charge >= 0.3 is 0 Å². The molecule has 0 radical (unpaired) electrons. The fraction of sp³-hybridized carbons (Fsp3) is 0.636. The zero-order chi connectivity index (χ0) is 10.9. The minimum absolute atomic E-state index is 0.429. The molecule has 0 spiro atoms. The first-order chi connectivity index (χ1) is 6.44. The van der Waals surface area contributed by atoms with Crippen LogP contribution in [0.15, 0.2) is 0 Å². The molecule has 3 heteroatoms. The van der Waals surface area contributed by atoms with Crippen molar-refractivity contribution in [3.05, 3.63) is 17.0 Å². The molecule has 0 saturated carbocycles. The maximum absolute atomic E-state index is 11.0. The predicted octanol–water partition coefficient (Wildman–Crippen LogP) is 2.00. The third-order valence-corrected chi connectivity index (χ3v) is 2.62. The first-order valence-electron chi connectivity index (χ1n) is 4.94. The number of aldehydes is 1. The SMILES string of the molecule is CCn1nc(C)c(C(C)(C)C=O)c1C. The molecule has 0 bridgehead atoms. The van der Waals surface area contributed by atoms with E-state index < -0.39 is 5.41 Å². The van der Waals surface area contributed by atoms with Gasteiger partial charge in [-0.1, -0.05) is 0 Å². The fourth-order valence-corrected chi connectivity index (χ4v) is 2.00. The molecule has 0 aromatic carbocycles. The summed E-state index contributed by atoms with van der Waals surface area (Å²) in [5, 5.41) is 4.40. The van der Waals surface area contributed by atoms with E-state index in [0.29, 0.717) is 0 Å². The van der Waals surface area contributed by atoms with Crippen LogP contribution in [0.3, 0.4) is 0 Å². The van der Waals surface area contributed by atoms with E-state index in [9.17, 15) is 4.79 Å². The first-order valence-corrected chi connectivity index (χ1v) is 4.94. The van der Waals surface area contributed by atoms with E-state index in [1.54, 1.807) is 0 Å². The molecular formula is C11H18N2O. The molecule has 0 aliphatic heterocycles. The maximum atomic E-state index is 11.0. The molecule has 3 nitrogen and oxygen atoms in total. The summed E-state index contributed by atoms with van der Waals surface area (Å²) < 4.78 is 1.94. The van der Waals surface area contributed by atoms with Gasteiger partial charge in [0.15, 0.2) is 0 Å². The lowest BCUT2D eigenvalue weighted by Gasteiger charge is -2.17. The van der Waals surface area contributed by atoms with Crippen molar-refractivity contribution < 1.29 is 4.79 Å². The second kappa shape index (κ2) is 3.56. The average molecular weight is 194 g/mol. The summed E-state index contributed by atoms with van der Waals surface area (Å²) in [6.45, 7) is 10.7. The Kier molecular flexibility index (Phi) is 2.79. The van der Waals surface area contributed by atoms with Crippen LogP contribution in [0.5, 0.6) is 0 Å². The molecular weight excluding hydrogens is 176 g/mol. The molecule has 78 valence electrons. The molecule has 1 heterocycles. The van der Waals surface area contributed by atoms with Gasteiger partial charge in [0.25, 0.3) is 0 Å². The molecule has 14 heavy (non-hydrogen) atoms. The quantitative estimate of drug-likeness (QED) is 0.690. The van der Waals surface area contributed by atoms with Crippen LogP contribution in [-0.4, -0.2) is 16.1 Å². The third-order valence-electron chi connectivity index (χ3n) is 2.62. The highest BCUT2D eigenvalue weighted by molar-refractivity contribution is 5.68. The van der Waals surface area contributed by atoms with Gasteiger partial charge in [0.2, 0.25) is 0 Å². The molecule has 0 atom stereocenters. The summed E-state index contributed by atoms with van der Waals surface area (Å²) in [7, 11) is 0. The van der Waals surface area contributed by atoms with Gasteiger partial charge in [-0.05, 0) is 34.6 Å². The van der Waals surface area contributed by atoms with Crippen LogP contribution in [0, 0.1) is 13.8 Å². The number of nitrogens with zero attached hydrogens (tertiary/aromatic N) is 2. The van der Waals surface area contributed by atoms with Gasteiger partial charge in [-0.2, -0.15) is 5.10 Å². The van der Waals surface area contributed by atoms with E-state index in [-0.39, 0.29) is 0 Å². The molecule has 0 saturated heterocycles. The Labute approximate surface area is 85.1 Å². The topological polar surface area (TPSA) is 34.9 Å². The summed E-state index contributed by atoms with van der Waals surface area (Å²) in [5.41, 5.74) is 2.69. The van der Waals surface area contributed by atoms with Gasteiger partial charge in [0.05, 0.1) is 5.69 Å². The summed E-state index contributed by atoms with van der Waals surface area (Å²) in [4.78, 5) is 11.0. The number of rotatable bonds is 3. The standard InChI is InChI=1S/C11H18N2O/c1-6-13-9(3)10(8(2)12-13)11(4,5)7-14/h7H,6H2,1-5H3. The molecule has 0 amide bonds. The summed E-state index contributed by atoms with van der Waals surface area (Å²) >= 11 is 0. The van der Waals surface area contributed by atoms with Crippen molar-refractivity contribution in [1.82, 2.24) is 9.78 Å². The summed E-state index contributed by atoms with van der Waals surface area (Å²) in [5.74, 6) is 0. The Morgan fingerprint density at radius 3 is 2.36 bits per heavy atom. The van der Waals surface area contributed by atoms with Crippen molar-refractivity contribution in [3.8, 4) is 0 Å². The highest BCUT2D eigenvalue weighted by atomic mass is 16.1. The van der Waals surface area contributed by atoms with Crippen LogP contribution >= 0.6 is 0 Å². The van der Waals surface area contributed by atoms with Crippen LogP contribution in [0.2, 0.25) is 0 Å². The second-order valence-electron chi connectivity index (χ2n) is 4.20. The monoisotopic (exact) mass is 194 g/mol. The number of aromatic nitrogens is 2. The van der Waals surface area contributed by atoms with Gasteiger partial charge in [-0.25, -0.2) is 0 Å². The fourth-order valence-electron chi connectivity index (χ4n) is 2.00. The molecule has 1 aromatic rings. The summed E-state index contributed by atoms with van der Waals surface area (Å²) in [6.07, 6.45) is 0.990. The minimum atomic E-state index is -0.429. The van der Waals surface area contributed by atoms with E-state index in [0.717, 1.165) is 29.8 Å². The van der Waals surface area contributed by atoms with Gasteiger partial charge in [-0.15, -0.1) is 0 Å². The van der Waals surface area contributed by atoms with Gasteiger partial charge in [0, 0.05) is 23.2 Å². The zero-order valence-electron chi connectivity index (χ0n) is 9.59. The van der Waals surface area contributed by atoms with E-state index in [2.05, 4.69) is 12.0 Å². The third kappa shape index (κ3) is 1.59. The lowest BCUT2D eigenvalue weighted by Crippen LogP contribution is -2.20. The number of carbonyl (C=O) groups excluding carboxylic acids is 1. The number of aryl methyl sites for hydroxylation is 2. The highest BCUT2D eigenvalue weighted by Crippen LogP contribution is 2.27. The normalized spacial score (nSPS) is 11.8. The van der Waals surface area contributed by atoms with Crippen molar-refractivity contribution in [1.29, 1.82) is 0 Å². The molecule has 0 aliphatic carbocycles. The van der Waals surface area contributed by atoms with E-state index in [1.807, 2.05) is 32.4 Å². The molecule has 0 fully saturated rings. The number of hydrogen-bond acceptors (Lipinski definition) is 2. The lowest BCUT2D eigenvalue weighted by atomic mass is 9.85. The van der Waals surface area contributed by atoms with Crippen LogP contribution in [0.1, 0.15) is 37.7 Å². The Morgan fingerprint density at radius 2 is 2.00 bits per heavy atom. The molecule has 1 rings (SSSR count). The van der Waals surface area contributed by atoms with E-state index in [4.69, 9.17) is 0 Å². The lowest BCUT2D eigenvalue weighted by molar-refractivity contribution is -0.111. The van der Waals surface area contributed by atoms with Gasteiger partial charge in [-0.3, -0.25) is 4.68 Å². The van der Waals surface area contributed by atoms with Gasteiger partial charge in [0.1, 0.15) is 6.29 Å². The highest BCUT2D eigenvalue weighted by Gasteiger charge is 2.27. The molecule has 1 aromatic heterocycles. The van der Waals surface area contributed by atoms with Gasteiger partial charge < -0.3 is 4.79 Å². The number of carbonyl (C=O) groups is 1. The first kappa shape index (κ1) is 11.0. The van der Waals surface area contributed by atoms with E-state index in [1.165, 1.54) is 0 Å². The Morgan fingerprint density at radius 1 is 1.43 bits per heavy atom. The molecule has 0 N–H and O–H groups in total. The predicted molar refractivity (Wildman–Crippen MR) is 56.5 cm³/mol. The van der Waals surface area contributed by atoms with E-state index >= 15 is 0 Å². The summed E-state index contributed by atoms with van der Waals surface area (Å²) in [6, 6.07) is 0. The van der Waals surface area contributed by atoms with Crippen molar-refractivity contribution in [3.63, 3.8) is 0 Å². The van der Waals surface area contributed by atoms with Crippen molar-refractivity contribution in [2.24, 2.45) is 0 Å². The molecule has 0 aliphatic rings. The Bertz CT molecular complexity index is 350. The van der Waals surface area contributed by atoms with Crippen molar-refractivity contribution in [2.45, 2.75) is 46.6 Å². The van der Waals surface area contributed by atoms with Crippen LogP contribution in [0.4, 0.5) is 0 Å². The molecule has 0 unspecified atom stereocenters. The van der Waals surface area contributed by atoms with Crippen molar-refractivity contribution in [2.75, 3.05) is 0 Å². The van der Waals surface area contributed by atoms with Crippen LogP contribution in [0.25, 0.3) is 0 Å². The largest absolute Gasteiger partial charge is 0.302 e. The maximum Gasteiger partial charge on any atom is 0.130 e. The Balaban J connectivity index is 3.34. The van der Waals surface area contributed by atoms with Crippen LogP contribution in [-0.2, 0) is 16.8 Å². The smallest absolute Gasteiger partial charge is 0.130 e. The van der Waals surface area contributed by atoms with Crippen molar-refractivity contribution >= 4 is 6.29 Å². The zero-order valence-corrected chi connectivity index (χ0v) is 9.59. The minimum Gasteiger partial charge on any atom is -0.302 e. The number of hydrogen-bond donors (Lipinski definition) is 0.